The van der Waals surface area contributed by atoms with Gasteiger partial charge in [-0.05, 0) is 37.4 Å². The fraction of sp³-hybridized carbons (Fsp3) is 0.600. The SMILES string of the molecule is COc1ccccc1S(=O)(=O)C1CCCCCC1CN. The fourth-order valence-electron chi connectivity index (χ4n) is 3.05. The second-order valence-electron chi connectivity index (χ2n) is 5.37. The number of rotatable bonds is 4. The first-order valence-corrected chi connectivity index (χ1v) is 8.73. The van der Waals surface area contributed by atoms with Gasteiger partial charge in [-0.3, -0.25) is 0 Å². The Balaban J connectivity index is 2.41. The van der Waals surface area contributed by atoms with Crippen LogP contribution < -0.4 is 10.5 Å². The van der Waals surface area contributed by atoms with E-state index in [0.29, 0.717) is 23.6 Å². The van der Waals surface area contributed by atoms with E-state index in [1.165, 1.54) is 7.11 Å². The van der Waals surface area contributed by atoms with E-state index >= 15 is 0 Å². The molecule has 0 aromatic heterocycles. The van der Waals surface area contributed by atoms with Crippen LogP contribution in [-0.2, 0) is 9.84 Å². The molecule has 0 spiro atoms. The molecule has 1 aromatic rings. The van der Waals surface area contributed by atoms with Gasteiger partial charge in [0.25, 0.3) is 0 Å². The third kappa shape index (κ3) is 2.99. The summed E-state index contributed by atoms with van der Waals surface area (Å²) in [5, 5.41) is -0.383. The normalized spacial score (nSPS) is 24.1. The van der Waals surface area contributed by atoms with Crippen molar-refractivity contribution in [3.8, 4) is 5.75 Å². The molecule has 112 valence electrons. The van der Waals surface area contributed by atoms with Gasteiger partial charge in [0.1, 0.15) is 10.6 Å². The molecule has 0 radical (unpaired) electrons. The molecule has 2 rings (SSSR count). The fourth-order valence-corrected chi connectivity index (χ4v) is 5.30. The first-order chi connectivity index (χ1) is 9.61. The van der Waals surface area contributed by atoms with Crippen LogP contribution in [0.5, 0.6) is 5.75 Å². The van der Waals surface area contributed by atoms with Crippen molar-refractivity contribution < 1.29 is 13.2 Å². The quantitative estimate of drug-likeness (QED) is 0.866. The molecule has 4 nitrogen and oxygen atoms in total. The Kier molecular flexibility index (Phi) is 5.05. The summed E-state index contributed by atoms with van der Waals surface area (Å²) in [6, 6.07) is 6.85. The molecular weight excluding hydrogens is 274 g/mol. The highest BCUT2D eigenvalue weighted by atomic mass is 32.2. The smallest absolute Gasteiger partial charge is 0.185 e. The molecule has 2 N–H and O–H groups in total. The van der Waals surface area contributed by atoms with Gasteiger partial charge in [-0.2, -0.15) is 0 Å². The highest BCUT2D eigenvalue weighted by Gasteiger charge is 2.36. The Morgan fingerprint density at radius 1 is 1.20 bits per heavy atom. The van der Waals surface area contributed by atoms with Gasteiger partial charge in [0.05, 0.1) is 12.4 Å². The maximum atomic E-state index is 13.0. The average molecular weight is 297 g/mol. The zero-order valence-corrected chi connectivity index (χ0v) is 12.7. The van der Waals surface area contributed by atoms with E-state index in [0.717, 1.165) is 25.7 Å². The van der Waals surface area contributed by atoms with Gasteiger partial charge in [-0.25, -0.2) is 8.42 Å². The minimum Gasteiger partial charge on any atom is -0.495 e. The summed E-state index contributed by atoms with van der Waals surface area (Å²) in [5.74, 6) is 0.472. The van der Waals surface area contributed by atoms with Gasteiger partial charge in [0.2, 0.25) is 0 Å². The van der Waals surface area contributed by atoms with Crippen LogP contribution in [0.1, 0.15) is 32.1 Å². The highest BCUT2D eigenvalue weighted by Crippen LogP contribution is 2.35. The molecule has 0 aliphatic heterocycles. The van der Waals surface area contributed by atoms with E-state index in [9.17, 15) is 8.42 Å². The second-order valence-corrected chi connectivity index (χ2v) is 7.50. The van der Waals surface area contributed by atoms with Crippen LogP contribution in [0.4, 0.5) is 0 Å². The molecule has 0 heterocycles. The minimum atomic E-state index is -3.39. The summed E-state index contributed by atoms with van der Waals surface area (Å²) < 4.78 is 31.1. The lowest BCUT2D eigenvalue weighted by Gasteiger charge is -2.24. The lowest BCUT2D eigenvalue weighted by Crippen LogP contribution is -2.34. The van der Waals surface area contributed by atoms with Crippen molar-refractivity contribution in [1.29, 1.82) is 0 Å². The first kappa shape index (κ1) is 15.3. The standard InChI is InChI=1S/C15H23NO3S/c1-19-13-8-5-6-10-15(13)20(17,18)14-9-4-2-3-7-12(14)11-16/h5-6,8,10,12,14H,2-4,7,9,11,16H2,1H3. The van der Waals surface area contributed by atoms with Crippen molar-refractivity contribution in [3.05, 3.63) is 24.3 Å². The molecule has 1 aliphatic carbocycles. The van der Waals surface area contributed by atoms with Crippen molar-refractivity contribution in [3.63, 3.8) is 0 Å². The number of hydrogen-bond acceptors (Lipinski definition) is 4. The molecule has 20 heavy (non-hydrogen) atoms. The van der Waals surface area contributed by atoms with Crippen LogP contribution in [0.3, 0.4) is 0 Å². The van der Waals surface area contributed by atoms with Crippen LogP contribution in [-0.4, -0.2) is 27.3 Å². The molecule has 1 fully saturated rings. The molecule has 1 aromatic carbocycles. The molecular formula is C15H23NO3S. The van der Waals surface area contributed by atoms with Gasteiger partial charge in [-0.1, -0.05) is 31.4 Å². The minimum absolute atomic E-state index is 0.0485. The predicted octanol–water partition coefficient (Wildman–Crippen LogP) is 2.38. The number of benzene rings is 1. The molecule has 1 aliphatic rings. The Labute approximate surface area is 121 Å². The van der Waals surface area contributed by atoms with E-state index in [1.54, 1.807) is 24.3 Å². The molecule has 0 amide bonds. The van der Waals surface area contributed by atoms with Crippen molar-refractivity contribution in [1.82, 2.24) is 0 Å². The number of ether oxygens (including phenoxy) is 1. The Morgan fingerprint density at radius 3 is 2.60 bits per heavy atom. The number of nitrogens with two attached hydrogens (primary N) is 1. The monoisotopic (exact) mass is 297 g/mol. The number of hydrogen-bond donors (Lipinski definition) is 1. The molecule has 0 saturated heterocycles. The maximum absolute atomic E-state index is 13.0. The van der Waals surface area contributed by atoms with Gasteiger partial charge < -0.3 is 10.5 Å². The average Bonchev–Trinajstić information content (AvgIpc) is 2.72. The van der Waals surface area contributed by atoms with Gasteiger partial charge in [0.15, 0.2) is 9.84 Å². The van der Waals surface area contributed by atoms with E-state index in [-0.39, 0.29) is 11.2 Å². The lowest BCUT2D eigenvalue weighted by molar-refractivity contribution is 0.400. The van der Waals surface area contributed by atoms with E-state index in [1.807, 2.05) is 0 Å². The maximum Gasteiger partial charge on any atom is 0.185 e. The van der Waals surface area contributed by atoms with Crippen LogP contribution in [0.25, 0.3) is 0 Å². The molecule has 2 unspecified atom stereocenters. The first-order valence-electron chi connectivity index (χ1n) is 7.18. The van der Waals surface area contributed by atoms with Crippen molar-refractivity contribution in [2.24, 2.45) is 11.7 Å². The van der Waals surface area contributed by atoms with Gasteiger partial charge in [0, 0.05) is 0 Å². The van der Waals surface area contributed by atoms with E-state index in [2.05, 4.69) is 0 Å². The van der Waals surface area contributed by atoms with Gasteiger partial charge in [-0.15, -0.1) is 0 Å². The van der Waals surface area contributed by atoms with Crippen molar-refractivity contribution >= 4 is 9.84 Å². The Bertz CT molecular complexity index is 542. The van der Waals surface area contributed by atoms with Crippen LogP contribution in [0.15, 0.2) is 29.2 Å². The van der Waals surface area contributed by atoms with Crippen molar-refractivity contribution in [2.75, 3.05) is 13.7 Å². The van der Waals surface area contributed by atoms with Gasteiger partial charge >= 0.3 is 0 Å². The summed E-state index contributed by atoms with van der Waals surface area (Å²) in [6.07, 6.45) is 4.71. The summed E-state index contributed by atoms with van der Waals surface area (Å²) in [6.45, 7) is 0.430. The zero-order valence-electron chi connectivity index (χ0n) is 11.9. The molecule has 1 saturated carbocycles. The predicted molar refractivity (Wildman–Crippen MR) is 79.6 cm³/mol. The number of para-hydroxylation sites is 1. The molecule has 5 heteroatoms. The Hall–Kier alpha value is -1.07. The summed E-state index contributed by atoms with van der Waals surface area (Å²) in [5.41, 5.74) is 5.81. The Morgan fingerprint density at radius 2 is 1.90 bits per heavy atom. The van der Waals surface area contributed by atoms with Crippen LogP contribution in [0, 0.1) is 5.92 Å². The number of methoxy groups -OCH3 is 1. The van der Waals surface area contributed by atoms with Crippen molar-refractivity contribution in [2.45, 2.75) is 42.2 Å². The summed E-state index contributed by atoms with van der Waals surface area (Å²) in [7, 11) is -1.89. The second kappa shape index (κ2) is 6.59. The van der Waals surface area contributed by atoms with Crippen LogP contribution >= 0.6 is 0 Å². The third-order valence-corrected chi connectivity index (χ3v) is 6.53. The largest absolute Gasteiger partial charge is 0.495 e. The molecule has 2 atom stereocenters. The van der Waals surface area contributed by atoms with Crippen LogP contribution in [0.2, 0.25) is 0 Å². The number of sulfone groups is 1. The van der Waals surface area contributed by atoms with E-state index in [4.69, 9.17) is 10.5 Å². The van der Waals surface area contributed by atoms with E-state index < -0.39 is 9.84 Å². The highest BCUT2D eigenvalue weighted by molar-refractivity contribution is 7.92. The lowest BCUT2D eigenvalue weighted by atomic mass is 10.0. The zero-order chi connectivity index (χ0) is 14.6. The topological polar surface area (TPSA) is 69.4 Å². The summed E-state index contributed by atoms with van der Waals surface area (Å²) in [4.78, 5) is 0.299. The summed E-state index contributed by atoms with van der Waals surface area (Å²) >= 11 is 0. The third-order valence-electron chi connectivity index (χ3n) is 4.17. The molecule has 0 bridgehead atoms.